The van der Waals surface area contributed by atoms with Crippen LogP contribution in [0.1, 0.15) is 16.8 Å². The summed E-state index contributed by atoms with van der Waals surface area (Å²) in [4.78, 5) is 25.8. The van der Waals surface area contributed by atoms with Gasteiger partial charge < -0.3 is 25.7 Å². The van der Waals surface area contributed by atoms with Gasteiger partial charge in [0.2, 0.25) is 5.43 Å². The number of carbonyl (C=O) groups is 1. The Morgan fingerprint density at radius 3 is 2.35 bits per heavy atom. The topological polar surface area (TPSA) is 127 Å². The van der Waals surface area contributed by atoms with Crippen molar-refractivity contribution in [3.8, 4) is 5.69 Å². The molecule has 1 fully saturated rings. The number of aromatic carboxylic acids is 1. The van der Waals surface area contributed by atoms with Crippen molar-refractivity contribution in [2.24, 2.45) is 11.6 Å². The number of nitrogens with two attached hydrogens (primary N) is 2. The predicted octanol–water partition coefficient (Wildman–Crippen LogP) is 2.91. The van der Waals surface area contributed by atoms with E-state index in [2.05, 4.69) is 0 Å². The highest BCUT2D eigenvalue weighted by Crippen LogP contribution is 2.38. The summed E-state index contributed by atoms with van der Waals surface area (Å²) >= 11 is 0. The average Bonchev–Trinajstić information content (AvgIpc) is 3.14. The molecule has 2 aromatic carbocycles. The molecule has 0 aliphatic carbocycles. The number of nitrogens with one attached hydrogen (secondary N) is 1. The number of rotatable bonds is 4. The van der Waals surface area contributed by atoms with Gasteiger partial charge in [0, 0.05) is 31.4 Å². The number of anilines is 2. The van der Waals surface area contributed by atoms with Crippen LogP contribution in [0.2, 0.25) is 0 Å². The Morgan fingerprint density at radius 2 is 1.82 bits per heavy atom. The number of fused-ring (bicyclic) bond motifs is 1. The summed E-state index contributed by atoms with van der Waals surface area (Å²) in [5.74, 6) is -0.865. The Kier molecular flexibility index (Phi) is 8.04. The molecule has 1 atom stereocenters. The Labute approximate surface area is 201 Å². The van der Waals surface area contributed by atoms with Gasteiger partial charge in [-0.15, -0.1) is 24.8 Å². The zero-order valence-electron chi connectivity index (χ0n) is 17.1. The van der Waals surface area contributed by atoms with Crippen molar-refractivity contribution < 1.29 is 27.5 Å². The van der Waals surface area contributed by atoms with Gasteiger partial charge in [-0.05, 0) is 18.6 Å². The molecule has 8 nitrogen and oxygen atoms in total. The quantitative estimate of drug-likeness (QED) is 0.235. The van der Waals surface area contributed by atoms with E-state index in [0.717, 1.165) is 16.7 Å². The molecule has 1 saturated heterocycles. The van der Waals surface area contributed by atoms with Gasteiger partial charge in [0.05, 0.1) is 16.6 Å². The maximum atomic E-state index is 15.8. The summed E-state index contributed by atoms with van der Waals surface area (Å²) in [6.45, 7) is 0.304. The number of carboxylic acids is 1. The number of nitrogens with zero attached hydrogens (tertiary/aromatic N) is 2. The van der Waals surface area contributed by atoms with E-state index >= 15 is 8.78 Å². The number of halogens is 6. The van der Waals surface area contributed by atoms with Gasteiger partial charge in [-0.25, -0.2) is 22.4 Å². The van der Waals surface area contributed by atoms with Crippen LogP contribution in [-0.2, 0) is 0 Å². The highest BCUT2D eigenvalue weighted by molar-refractivity contribution is 6.01. The van der Waals surface area contributed by atoms with E-state index in [4.69, 9.17) is 11.6 Å². The number of hydrogen-bond acceptors (Lipinski definition) is 6. The fourth-order valence-corrected chi connectivity index (χ4v) is 3.92. The molecule has 6 N–H and O–H groups in total. The van der Waals surface area contributed by atoms with E-state index in [-0.39, 0.29) is 43.9 Å². The van der Waals surface area contributed by atoms with Crippen LogP contribution in [0.4, 0.5) is 28.9 Å². The molecule has 0 unspecified atom stereocenters. The summed E-state index contributed by atoms with van der Waals surface area (Å²) in [5.41, 5.74) is 3.39. The van der Waals surface area contributed by atoms with Crippen molar-refractivity contribution in [2.45, 2.75) is 12.5 Å². The van der Waals surface area contributed by atoms with Crippen molar-refractivity contribution in [2.75, 3.05) is 23.4 Å². The fraction of sp³-hybridized carbons (Fsp3) is 0.200. The lowest BCUT2D eigenvalue weighted by molar-refractivity contribution is 0.0695. The summed E-state index contributed by atoms with van der Waals surface area (Å²) in [6.07, 6.45) is 1.14. The van der Waals surface area contributed by atoms with Crippen LogP contribution < -0.4 is 27.3 Å². The molecule has 4 rings (SSSR count). The Morgan fingerprint density at radius 1 is 1.15 bits per heavy atom. The van der Waals surface area contributed by atoms with Gasteiger partial charge in [0.25, 0.3) is 0 Å². The second-order valence-corrected chi connectivity index (χ2v) is 7.36. The molecule has 0 amide bonds. The highest BCUT2D eigenvalue weighted by Gasteiger charge is 2.32. The van der Waals surface area contributed by atoms with Crippen LogP contribution >= 0.6 is 24.8 Å². The van der Waals surface area contributed by atoms with E-state index in [0.29, 0.717) is 18.7 Å². The molecule has 184 valence electrons. The van der Waals surface area contributed by atoms with Gasteiger partial charge >= 0.3 is 5.97 Å². The lowest BCUT2D eigenvalue weighted by Crippen LogP contribution is -2.29. The van der Waals surface area contributed by atoms with Crippen LogP contribution in [0.5, 0.6) is 0 Å². The van der Waals surface area contributed by atoms with Gasteiger partial charge in [-0.3, -0.25) is 10.6 Å². The fourth-order valence-electron chi connectivity index (χ4n) is 3.92. The van der Waals surface area contributed by atoms with Crippen molar-refractivity contribution in [3.05, 3.63) is 63.5 Å². The lowest BCUT2D eigenvalue weighted by Gasteiger charge is -2.24. The van der Waals surface area contributed by atoms with E-state index in [1.165, 1.54) is 4.90 Å². The van der Waals surface area contributed by atoms with E-state index in [9.17, 15) is 23.5 Å². The number of benzene rings is 2. The zero-order chi connectivity index (χ0) is 23.3. The summed E-state index contributed by atoms with van der Waals surface area (Å²) in [7, 11) is 0. The van der Waals surface area contributed by atoms with Crippen LogP contribution in [0, 0.1) is 23.3 Å². The molecule has 0 bridgehead atoms. The minimum Gasteiger partial charge on any atom is -0.477 e. The summed E-state index contributed by atoms with van der Waals surface area (Å²) in [5, 5.41) is 8.70. The number of hydrazine groups is 1. The molecular formula is C20H19Cl2F4N5O3. The van der Waals surface area contributed by atoms with Crippen molar-refractivity contribution >= 4 is 53.1 Å². The normalized spacial score (nSPS) is 15.1. The third kappa shape index (κ3) is 4.25. The molecule has 1 aromatic heterocycles. The second kappa shape index (κ2) is 10.1. The maximum absolute atomic E-state index is 15.8. The van der Waals surface area contributed by atoms with Gasteiger partial charge in [-0.2, -0.15) is 0 Å². The second-order valence-electron chi connectivity index (χ2n) is 7.36. The number of carboxylic acid groups (broad SMARTS) is 1. The Balaban J connectivity index is 0.00000204. The molecule has 3 aromatic rings. The van der Waals surface area contributed by atoms with E-state index < -0.39 is 68.2 Å². The molecule has 34 heavy (non-hydrogen) atoms. The number of pyridine rings is 1. The minimum atomic E-state index is -1.72. The van der Waals surface area contributed by atoms with Gasteiger partial charge in [0.1, 0.15) is 28.6 Å². The Bertz CT molecular complexity index is 1340. The Hall–Kier alpha value is -3.06. The maximum Gasteiger partial charge on any atom is 0.341 e. The molecule has 2 heterocycles. The first kappa shape index (κ1) is 27.2. The minimum absolute atomic E-state index is 0. The standard InChI is InChI=1S/C20H17F4N5O3.2ClH/c21-8-1-2-12(11(22)5-8)29-7-10(20(31)32)19(30)13-16(27-26)14(23)18(15(24)17(13)29)28-4-3-9(25)6-28;;/h1-2,5,7,9,27H,3-4,6,25-26H2,(H,31,32);2*1H/t9-;;/m0../s1. The molecule has 0 radical (unpaired) electrons. The van der Waals surface area contributed by atoms with E-state index in [1.54, 1.807) is 0 Å². The zero-order valence-corrected chi connectivity index (χ0v) is 18.8. The van der Waals surface area contributed by atoms with Crippen molar-refractivity contribution in [1.29, 1.82) is 0 Å². The van der Waals surface area contributed by atoms with Crippen molar-refractivity contribution in [3.63, 3.8) is 0 Å². The molecule has 1 aliphatic heterocycles. The first-order valence-corrected chi connectivity index (χ1v) is 9.41. The third-order valence-corrected chi connectivity index (χ3v) is 5.39. The van der Waals surface area contributed by atoms with Crippen LogP contribution in [-0.4, -0.2) is 34.8 Å². The predicted molar refractivity (Wildman–Crippen MR) is 123 cm³/mol. The van der Waals surface area contributed by atoms with Gasteiger partial charge in [0.15, 0.2) is 11.6 Å². The summed E-state index contributed by atoms with van der Waals surface area (Å²) in [6, 6.07) is 1.95. The lowest BCUT2D eigenvalue weighted by atomic mass is 10.1. The first-order chi connectivity index (χ1) is 15.1. The van der Waals surface area contributed by atoms with Gasteiger partial charge in [-0.1, -0.05) is 0 Å². The number of hydrogen-bond donors (Lipinski definition) is 4. The molecule has 1 aliphatic rings. The highest BCUT2D eigenvalue weighted by atomic mass is 35.5. The molecule has 0 spiro atoms. The third-order valence-electron chi connectivity index (χ3n) is 5.39. The first-order valence-electron chi connectivity index (χ1n) is 9.41. The van der Waals surface area contributed by atoms with Crippen molar-refractivity contribution in [1.82, 2.24) is 4.57 Å². The van der Waals surface area contributed by atoms with E-state index in [1.807, 2.05) is 5.43 Å². The average molecular weight is 524 g/mol. The largest absolute Gasteiger partial charge is 0.477 e. The number of aromatic nitrogens is 1. The SMILES string of the molecule is Cl.Cl.NNc1c(F)c(N2CC[C@H](N)C2)c(F)c2c1c(=O)c(C(=O)O)cn2-c1ccc(F)cc1F. The smallest absolute Gasteiger partial charge is 0.341 e. The molecule has 14 heteroatoms. The molecular weight excluding hydrogens is 505 g/mol. The number of nitrogen functional groups attached to an aromatic ring is 1. The molecule has 0 saturated carbocycles. The van der Waals surface area contributed by atoms with Crippen LogP contribution in [0.25, 0.3) is 16.6 Å². The summed E-state index contributed by atoms with van der Waals surface area (Å²) < 4.78 is 59.9. The monoisotopic (exact) mass is 523 g/mol. The van der Waals surface area contributed by atoms with Crippen LogP contribution in [0.3, 0.4) is 0 Å². The van der Waals surface area contributed by atoms with Crippen LogP contribution in [0.15, 0.2) is 29.2 Å².